The number of hydrogen-bond donors (Lipinski definition) is 0. The van der Waals surface area contributed by atoms with E-state index in [1.54, 1.807) is 35.4 Å². The molecule has 0 atom stereocenters. The smallest absolute Gasteiger partial charge is 0.253 e. The molecule has 0 aliphatic rings. The van der Waals surface area contributed by atoms with Crippen LogP contribution in [-0.4, -0.2) is 45.1 Å². The van der Waals surface area contributed by atoms with Gasteiger partial charge in [0.1, 0.15) is 0 Å². The van der Waals surface area contributed by atoms with Crippen molar-refractivity contribution in [2.45, 2.75) is 10.9 Å². The number of thioether (sulfide) groups is 1. The molecular weight excluding hydrogens is 322 g/mol. The van der Waals surface area contributed by atoms with Crippen LogP contribution in [0, 0.1) is 0 Å². The third-order valence-electron chi connectivity index (χ3n) is 3.42. The fourth-order valence-electron chi connectivity index (χ4n) is 2.15. The minimum atomic E-state index is 0.00206. The second-order valence-electron chi connectivity index (χ2n) is 5.39. The number of amides is 1. The molecule has 1 heterocycles. The second kappa shape index (κ2) is 7.27. The lowest BCUT2D eigenvalue weighted by atomic mass is 10.1. The highest BCUT2D eigenvalue weighted by Crippen LogP contribution is 2.22. The number of benzene rings is 2. The summed E-state index contributed by atoms with van der Waals surface area (Å²) in [5.41, 5.74) is 2.72. The van der Waals surface area contributed by atoms with Crippen LogP contribution in [0.2, 0.25) is 0 Å². The zero-order chi connectivity index (χ0) is 16.9. The van der Waals surface area contributed by atoms with Crippen molar-refractivity contribution in [3.8, 4) is 5.69 Å². The Morgan fingerprint density at radius 1 is 1.08 bits per heavy atom. The van der Waals surface area contributed by atoms with E-state index in [9.17, 15) is 4.79 Å². The molecule has 0 saturated carbocycles. The molecule has 1 aromatic heterocycles. The molecule has 3 aromatic rings. The van der Waals surface area contributed by atoms with Gasteiger partial charge in [0.25, 0.3) is 5.91 Å². The van der Waals surface area contributed by atoms with Crippen LogP contribution in [0.5, 0.6) is 0 Å². The molecule has 0 bridgehead atoms. The molecule has 0 fully saturated rings. The lowest BCUT2D eigenvalue weighted by Gasteiger charge is -2.10. The Morgan fingerprint density at radius 2 is 1.79 bits per heavy atom. The lowest BCUT2D eigenvalue weighted by Crippen LogP contribution is -2.21. The Bertz CT molecular complexity index is 815. The van der Waals surface area contributed by atoms with Crippen molar-refractivity contribution in [2.75, 3.05) is 14.1 Å². The molecule has 2 aromatic carbocycles. The van der Waals surface area contributed by atoms with E-state index in [1.165, 1.54) is 0 Å². The van der Waals surface area contributed by atoms with Crippen molar-refractivity contribution in [2.24, 2.45) is 0 Å². The quantitative estimate of drug-likeness (QED) is 0.669. The molecule has 0 unspecified atom stereocenters. The number of carbonyl (C=O) groups excluding carboxylic acids is 1. The largest absolute Gasteiger partial charge is 0.345 e. The predicted molar refractivity (Wildman–Crippen MR) is 93.2 cm³/mol. The fourth-order valence-corrected chi connectivity index (χ4v) is 3.00. The highest BCUT2D eigenvalue weighted by molar-refractivity contribution is 7.98. The summed E-state index contributed by atoms with van der Waals surface area (Å²) in [5.74, 6) is 0.728. The third-order valence-corrected chi connectivity index (χ3v) is 4.41. The van der Waals surface area contributed by atoms with Crippen molar-refractivity contribution in [1.82, 2.24) is 25.1 Å². The van der Waals surface area contributed by atoms with Crippen LogP contribution in [0.4, 0.5) is 0 Å². The van der Waals surface area contributed by atoms with Crippen molar-refractivity contribution >= 4 is 17.7 Å². The first-order valence-corrected chi connectivity index (χ1v) is 8.41. The molecule has 6 nitrogen and oxygen atoms in total. The Labute approximate surface area is 144 Å². The van der Waals surface area contributed by atoms with E-state index in [0.29, 0.717) is 5.56 Å². The molecule has 0 aliphatic carbocycles. The summed E-state index contributed by atoms with van der Waals surface area (Å²) in [6.45, 7) is 0. The van der Waals surface area contributed by atoms with Gasteiger partial charge in [-0.15, -0.1) is 5.10 Å². The summed E-state index contributed by atoms with van der Waals surface area (Å²) in [7, 11) is 3.49. The maximum Gasteiger partial charge on any atom is 0.253 e. The van der Waals surface area contributed by atoms with Gasteiger partial charge in [-0.05, 0) is 40.3 Å². The Balaban J connectivity index is 1.69. The molecular formula is C17H17N5OS. The van der Waals surface area contributed by atoms with Crippen LogP contribution in [0.15, 0.2) is 59.8 Å². The van der Waals surface area contributed by atoms with Gasteiger partial charge in [-0.2, -0.15) is 4.68 Å². The first-order chi connectivity index (χ1) is 11.6. The summed E-state index contributed by atoms with van der Waals surface area (Å²) < 4.78 is 1.72. The molecule has 7 heteroatoms. The van der Waals surface area contributed by atoms with Crippen molar-refractivity contribution in [1.29, 1.82) is 0 Å². The van der Waals surface area contributed by atoms with Gasteiger partial charge < -0.3 is 4.90 Å². The van der Waals surface area contributed by atoms with Gasteiger partial charge in [-0.25, -0.2) is 0 Å². The van der Waals surface area contributed by atoms with Crippen LogP contribution < -0.4 is 0 Å². The number of nitrogens with zero attached hydrogens (tertiary/aromatic N) is 5. The zero-order valence-corrected chi connectivity index (χ0v) is 14.3. The summed E-state index contributed by atoms with van der Waals surface area (Å²) in [5, 5.41) is 12.6. The average Bonchev–Trinajstić information content (AvgIpc) is 3.09. The van der Waals surface area contributed by atoms with E-state index in [4.69, 9.17) is 0 Å². The Kier molecular flexibility index (Phi) is 4.90. The first kappa shape index (κ1) is 16.2. The van der Waals surface area contributed by atoms with Crippen LogP contribution in [0.1, 0.15) is 15.9 Å². The van der Waals surface area contributed by atoms with Crippen LogP contribution in [0.3, 0.4) is 0 Å². The van der Waals surface area contributed by atoms with E-state index in [1.807, 2.05) is 54.6 Å². The summed E-state index contributed by atoms with van der Waals surface area (Å²) in [6, 6.07) is 17.4. The average molecular weight is 339 g/mol. The van der Waals surface area contributed by atoms with Gasteiger partial charge in [0.2, 0.25) is 5.16 Å². The maximum absolute atomic E-state index is 11.9. The Morgan fingerprint density at radius 3 is 2.46 bits per heavy atom. The van der Waals surface area contributed by atoms with Crippen LogP contribution in [-0.2, 0) is 5.75 Å². The van der Waals surface area contributed by atoms with Crippen molar-refractivity contribution < 1.29 is 4.79 Å². The first-order valence-electron chi connectivity index (χ1n) is 7.42. The number of tetrazole rings is 1. The topological polar surface area (TPSA) is 63.9 Å². The molecule has 122 valence electrons. The standard InChI is InChI=1S/C17H17N5OS/c1-21(2)16(23)14-10-8-13(9-11-14)12-24-17-18-19-20-22(17)15-6-4-3-5-7-15/h3-11H,12H2,1-2H3. The van der Waals surface area contributed by atoms with Gasteiger partial charge in [0.05, 0.1) is 5.69 Å². The van der Waals surface area contributed by atoms with Crippen molar-refractivity contribution in [3.05, 3.63) is 65.7 Å². The van der Waals surface area contributed by atoms with Crippen LogP contribution in [0.25, 0.3) is 5.69 Å². The molecule has 0 saturated heterocycles. The number of para-hydroxylation sites is 1. The third kappa shape index (κ3) is 3.62. The maximum atomic E-state index is 11.9. The summed E-state index contributed by atoms with van der Waals surface area (Å²) in [6.07, 6.45) is 0. The fraction of sp³-hybridized carbons (Fsp3) is 0.176. The number of rotatable bonds is 5. The van der Waals surface area contributed by atoms with Gasteiger partial charge >= 0.3 is 0 Å². The van der Waals surface area contributed by atoms with Gasteiger partial charge in [-0.1, -0.05) is 42.1 Å². The molecule has 0 radical (unpaired) electrons. The number of carbonyl (C=O) groups is 1. The summed E-state index contributed by atoms with van der Waals surface area (Å²) >= 11 is 1.55. The van der Waals surface area contributed by atoms with E-state index >= 15 is 0 Å². The highest BCUT2D eigenvalue weighted by atomic mass is 32.2. The molecule has 24 heavy (non-hydrogen) atoms. The van der Waals surface area contributed by atoms with Gasteiger partial charge in [0, 0.05) is 25.4 Å². The van der Waals surface area contributed by atoms with E-state index in [2.05, 4.69) is 15.5 Å². The molecule has 0 spiro atoms. The number of aromatic nitrogens is 4. The highest BCUT2D eigenvalue weighted by Gasteiger charge is 2.10. The molecule has 3 rings (SSSR count). The van der Waals surface area contributed by atoms with E-state index in [0.717, 1.165) is 22.2 Å². The molecule has 1 amide bonds. The SMILES string of the molecule is CN(C)C(=O)c1ccc(CSc2nnnn2-c2ccccc2)cc1. The summed E-state index contributed by atoms with van der Waals surface area (Å²) in [4.78, 5) is 13.5. The Hall–Kier alpha value is -2.67. The van der Waals surface area contributed by atoms with Crippen molar-refractivity contribution in [3.63, 3.8) is 0 Å². The van der Waals surface area contributed by atoms with Crippen LogP contribution >= 0.6 is 11.8 Å². The minimum Gasteiger partial charge on any atom is -0.345 e. The van der Waals surface area contributed by atoms with Gasteiger partial charge in [-0.3, -0.25) is 4.79 Å². The lowest BCUT2D eigenvalue weighted by molar-refractivity contribution is 0.0827. The van der Waals surface area contributed by atoms with E-state index in [-0.39, 0.29) is 5.91 Å². The monoisotopic (exact) mass is 339 g/mol. The second-order valence-corrected chi connectivity index (χ2v) is 6.34. The number of hydrogen-bond acceptors (Lipinski definition) is 5. The zero-order valence-electron chi connectivity index (χ0n) is 13.5. The molecule has 0 N–H and O–H groups in total. The normalized spacial score (nSPS) is 10.6. The molecule has 0 aliphatic heterocycles. The predicted octanol–water partition coefficient (Wildman–Crippen LogP) is 2.66. The van der Waals surface area contributed by atoms with E-state index < -0.39 is 0 Å². The van der Waals surface area contributed by atoms with Gasteiger partial charge in [0.15, 0.2) is 0 Å². The minimum absolute atomic E-state index is 0.00206.